The second-order valence-corrected chi connectivity index (χ2v) is 7.94. The molecule has 0 bridgehead atoms. The predicted octanol–water partition coefficient (Wildman–Crippen LogP) is 4.59. The van der Waals surface area contributed by atoms with Crippen LogP contribution in [0.5, 0.6) is 0 Å². The second kappa shape index (κ2) is 8.19. The average molecular weight is 432 g/mol. The maximum atomic E-state index is 12.9. The first kappa shape index (κ1) is 20.0. The lowest BCUT2D eigenvalue weighted by Gasteiger charge is -2.27. The number of ether oxygens (including phenoxy) is 1. The molecule has 2 fully saturated rings. The quantitative estimate of drug-likeness (QED) is 0.436. The van der Waals surface area contributed by atoms with E-state index in [4.69, 9.17) is 27.9 Å². The smallest absolute Gasteiger partial charge is 0.295 e. The Labute approximate surface area is 178 Å². The zero-order valence-corrected chi connectivity index (χ0v) is 17.0. The molecule has 2 aromatic rings. The molecule has 0 spiro atoms. The maximum Gasteiger partial charge on any atom is 0.295 e. The van der Waals surface area contributed by atoms with E-state index in [9.17, 15) is 14.7 Å². The van der Waals surface area contributed by atoms with Gasteiger partial charge in [0, 0.05) is 18.7 Å². The number of likely N-dealkylation sites (tertiary alicyclic amines) is 1. The molecule has 0 aliphatic carbocycles. The highest BCUT2D eigenvalue weighted by molar-refractivity contribution is 6.46. The van der Waals surface area contributed by atoms with E-state index in [-0.39, 0.29) is 24.0 Å². The largest absolute Gasteiger partial charge is 0.507 e. The normalized spacial score (nSPS) is 23.7. The Hall–Kier alpha value is -2.34. The Balaban J connectivity index is 1.84. The molecule has 0 unspecified atom stereocenters. The summed E-state index contributed by atoms with van der Waals surface area (Å²) in [5.74, 6) is -1.59. The Bertz CT molecular complexity index is 984. The average Bonchev–Trinajstić information content (AvgIpc) is 3.33. The van der Waals surface area contributed by atoms with Crippen LogP contribution in [0.25, 0.3) is 5.76 Å². The van der Waals surface area contributed by atoms with Gasteiger partial charge in [-0.1, -0.05) is 59.6 Å². The number of carbonyl (C=O) groups is 2. The first-order valence-electron chi connectivity index (χ1n) is 9.37. The first-order chi connectivity index (χ1) is 14.0. The Morgan fingerprint density at radius 1 is 1.10 bits per heavy atom. The van der Waals surface area contributed by atoms with Gasteiger partial charge in [0.2, 0.25) is 0 Å². The monoisotopic (exact) mass is 431 g/mol. The van der Waals surface area contributed by atoms with Gasteiger partial charge in [0.05, 0.1) is 27.8 Å². The van der Waals surface area contributed by atoms with Gasteiger partial charge in [0.15, 0.2) is 0 Å². The van der Waals surface area contributed by atoms with Gasteiger partial charge in [-0.25, -0.2) is 0 Å². The van der Waals surface area contributed by atoms with Gasteiger partial charge >= 0.3 is 0 Å². The van der Waals surface area contributed by atoms with Crippen molar-refractivity contribution < 1.29 is 19.4 Å². The van der Waals surface area contributed by atoms with E-state index in [1.807, 2.05) is 6.07 Å². The Morgan fingerprint density at radius 2 is 1.86 bits per heavy atom. The van der Waals surface area contributed by atoms with Gasteiger partial charge in [0.1, 0.15) is 5.76 Å². The number of rotatable bonds is 4. The number of amides is 1. The van der Waals surface area contributed by atoms with Crippen molar-refractivity contribution in [2.45, 2.75) is 25.0 Å². The molecule has 29 heavy (non-hydrogen) atoms. The Morgan fingerprint density at radius 3 is 2.52 bits per heavy atom. The Kier molecular flexibility index (Phi) is 5.63. The summed E-state index contributed by atoms with van der Waals surface area (Å²) in [6, 6.07) is 12.9. The number of aliphatic hydroxyl groups is 1. The minimum atomic E-state index is -0.769. The van der Waals surface area contributed by atoms with Crippen LogP contribution in [0.2, 0.25) is 10.0 Å². The van der Waals surface area contributed by atoms with Crippen molar-refractivity contribution in [3.05, 3.63) is 75.3 Å². The molecule has 7 heteroatoms. The third-order valence-electron chi connectivity index (χ3n) is 5.27. The highest BCUT2D eigenvalue weighted by Crippen LogP contribution is 2.41. The van der Waals surface area contributed by atoms with E-state index in [2.05, 4.69) is 0 Å². The SMILES string of the molecule is O=C1C(=O)N(C[C@@H]2CCCO2)[C@@H](c2ccc(Cl)c(Cl)c2)C1=C(O)c1ccccc1. The fourth-order valence-corrected chi connectivity index (χ4v) is 4.16. The number of Topliss-reactive ketones (excluding diaryl/α,β-unsaturated/α-hetero) is 1. The van der Waals surface area contributed by atoms with E-state index in [1.165, 1.54) is 4.90 Å². The molecule has 5 nitrogen and oxygen atoms in total. The fraction of sp³-hybridized carbons (Fsp3) is 0.273. The van der Waals surface area contributed by atoms with Crippen LogP contribution in [-0.4, -0.2) is 41.0 Å². The number of hydrogen-bond acceptors (Lipinski definition) is 4. The van der Waals surface area contributed by atoms with Gasteiger partial charge in [-0.15, -0.1) is 0 Å². The standard InChI is InChI=1S/C22H19Cl2NO4/c23-16-9-8-14(11-17(16)24)19-18(20(26)13-5-2-1-3-6-13)21(27)22(28)25(19)12-15-7-4-10-29-15/h1-3,5-6,8-9,11,15,19,26H,4,7,10,12H2/t15-,19-/m0/s1. The van der Waals surface area contributed by atoms with Gasteiger partial charge in [0.25, 0.3) is 11.7 Å². The highest BCUT2D eigenvalue weighted by Gasteiger charge is 2.47. The fourth-order valence-electron chi connectivity index (χ4n) is 3.86. The minimum Gasteiger partial charge on any atom is -0.507 e. The van der Waals surface area contributed by atoms with Crippen LogP contribution >= 0.6 is 23.2 Å². The molecule has 0 radical (unpaired) electrons. The van der Waals surface area contributed by atoms with E-state index in [0.717, 1.165) is 12.8 Å². The summed E-state index contributed by atoms with van der Waals surface area (Å²) in [4.78, 5) is 27.3. The predicted molar refractivity (Wildman–Crippen MR) is 111 cm³/mol. The minimum absolute atomic E-state index is 0.0394. The summed E-state index contributed by atoms with van der Waals surface area (Å²) >= 11 is 12.3. The van der Waals surface area contributed by atoms with Crippen LogP contribution in [0, 0.1) is 0 Å². The van der Waals surface area contributed by atoms with Crippen LogP contribution < -0.4 is 0 Å². The summed E-state index contributed by atoms with van der Waals surface area (Å²) in [7, 11) is 0. The van der Waals surface area contributed by atoms with Crippen molar-refractivity contribution in [3.8, 4) is 0 Å². The number of nitrogens with zero attached hydrogens (tertiary/aromatic N) is 1. The van der Waals surface area contributed by atoms with Crippen molar-refractivity contribution >= 4 is 40.7 Å². The van der Waals surface area contributed by atoms with Gasteiger partial charge in [-0.3, -0.25) is 9.59 Å². The second-order valence-electron chi connectivity index (χ2n) is 7.13. The van der Waals surface area contributed by atoms with Gasteiger partial charge in [-0.05, 0) is 30.5 Å². The summed E-state index contributed by atoms with van der Waals surface area (Å²) in [5, 5.41) is 11.6. The highest BCUT2D eigenvalue weighted by atomic mass is 35.5. The molecular weight excluding hydrogens is 413 g/mol. The summed E-state index contributed by atoms with van der Waals surface area (Å²) < 4.78 is 5.67. The molecule has 2 saturated heterocycles. The topological polar surface area (TPSA) is 66.8 Å². The van der Waals surface area contributed by atoms with Crippen LogP contribution in [0.15, 0.2) is 54.1 Å². The van der Waals surface area contributed by atoms with Gasteiger partial charge in [-0.2, -0.15) is 0 Å². The maximum absolute atomic E-state index is 12.9. The molecule has 2 aliphatic rings. The molecule has 1 N–H and O–H groups in total. The number of benzene rings is 2. The van der Waals surface area contributed by atoms with Crippen molar-refractivity contribution in [2.24, 2.45) is 0 Å². The lowest BCUT2D eigenvalue weighted by molar-refractivity contribution is -0.140. The zero-order chi connectivity index (χ0) is 20.5. The number of ketones is 1. The van der Waals surface area contributed by atoms with E-state index < -0.39 is 17.7 Å². The van der Waals surface area contributed by atoms with Crippen molar-refractivity contribution in [1.29, 1.82) is 0 Å². The van der Waals surface area contributed by atoms with Crippen molar-refractivity contribution in [1.82, 2.24) is 4.90 Å². The lowest BCUT2D eigenvalue weighted by Crippen LogP contribution is -2.36. The van der Waals surface area contributed by atoms with Crippen LogP contribution in [-0.2, 0) is 14.3 Å². The third kappa shape index (κ3) is 3.78. The van der Waals surface area contributed by atoms with E-state index in [0.29, 0.717) is 27.8 Å². The molecule has 1 amide bonds. The number of halogens is 2. The van der Waals surface area contributed by atoms with Gasteiger partial charge < -0.3 is 14.7 Å². The van der Waals surface area contributed by atoms with E-state index in [1.54, 1.807) is 42.5 Å². The first-order valence-corrected chi connectivity index (χ1v) is 10.1. The summed E-state index contributed by atoms with van der Waals surface area (Å²) in [5.41, 5.74) is 1.11. The number of aliphatic hydroxyl groups excluding tert-OH is 1. The van der Waals surface area contributed by atoms with E-state index >= 15 is 0 Å². The number of hydrogen-bond donors (Lipinski definition) is 1. The molecule has 2 heterocycles. The molecule has 150 valence electrons. The number of carbonyl (C=O) groups excluding carboxylic acids is 2. The summed E-state index contributed by atoms with van der Waals surface area (Å²) in [6.07, 6.45) is 1.58. The molecule has 2 aliphatic heterocycles. The zero-order valence-electron chi connectivity index (χ0n) is 15.5. The molecular formula is C22H19Cl2NO4. The molecule has 0 saturated carbocycles. The van der Waals surface area contributed by atoms with Crippen molar-refractivity contribution in [3.63, 3.8) is 0 Å². The third-order valence-corrected chi connectivity index (χ3v) is 6.01. The molecule has 2 atom stereocenters. The van der Waals surface area contributed by atoms with Crippen LogP contribution in [0.1, 0.15) is 30.0 Å². The van der Waals surface area contributed by atoms with Crippen LogP contribution in [0.4, 0.5) is 0 Å². The molecule has 2 aromatic carbocycles. The van der Waals surface area contributed by atoms with Crippen LogP contribution in [0.3, 0.4) is 0 Å². The lowest BCUT2D eigenvalue weighted by atomic mass is 9.95. The summed E-state index contributed by atoms with van der Waals surface area (Å²) in [6.45, 7) is 0.900. The van der Waals surface area contributed by atoms with Crippen molar-refractivity contribution in [2.75, 3.05) is 13.2 Å². The molecule has 4 rings (SSSR count). The molecule has 0 aromatic heterocycles.